The minimum absolute atomic E-state index is 0.0422. The lowest BCUT2D eigenvalue weighted by atomic mass is 10.2. The van der Waals surface area contributed by atoms with Gasteiger partial charge in [-0.1, -0.05) is 0 Å². The molecule has 0 spiro atoms. The Hall–Kier alpha value is -1.49. The number of imidazole rings is 1. The molecule has 2 aromatic heterocycles. The number of aliphatic hydroxyl groups excluding tert-OH is 1. The number of fused-ring (bicyclic) bond motifs is 1. The van der Waals surface area contributed by atoms with Crippen molar-refractivity contribution in [1.29, 1.82) is 0 Å². The highest BCUT2D eigenvalue weighted by atomic mass is 19.1. The number of aromatic nitrogens is 3. The molecule has 0 amide bonds. The molecular formula is C10H12FN3O. The second kappa shape index (κ2) is 3.27. The lowest BCUT2D eigenvalue weighted by Crippen LogP contribution is -2.01. The highest BCUT2D eigenvalue weighted by Gasteiger charge is 2.14. The fourth-order valence-corrected chi connectivity index (χ4v) is 1.51. The number of aryl methyl sites for hydroxylation is 2. The van der Waals surface area contributed by atoms with Gasteiger partial charge in [0.2, 0.25) is 0 Å². The largest absolute Gasteiger partial charge is 0.387 e. The number of nitrogens with zero attached hydrogens (tertiary/aromatic N) is 3. The molecule has 2 heterocycles. The van der Waals surface area contributed by atoms with Gasteiger partial charge in [0.05, 0.1) is 11.6 Å². The first kappa shape index (κ1) is 10.0. The predicted octanol–water partition coefficient (Wildman–Crippen LogP) is 1.47. The zero-order valence-electron chi connectivity index (χ0n) is 8.82. The highest BCUT2D eigenvalue weighted by molar-refractivity contribution is 5.72. The maximum atomic E-state index is 13.5. The molecule has 2 rings (SSSR count). The quantitative estimate of drug-likeness (QED) is 0.773. The van der Waals surface area contributed by atoms with Gasteiger partial charge >= 0.3 is 0 Å². The van der Waals surface area contributed by atoms with Crippen molar-refractivity contribution in [2.75, 3.05) is 0 Å². The first-order chi connectivity index (χ1) is 7.00. The van der Waals surface area contributed by atoms with E-state index in [-0.39, 0.29) is 5.69 Å². The van der Waals surface area contributed by atoms with E-state index in [1.54, 1.807) is 11.6 Å². The van der Waals surface area contributed by atoms with E-state index in [2.05, 4.69) is 9.97 Å². The molecule has 0 bridgehead atoms. The molecule has 2 aromatic rings. The number of halogens is 1. The summed E-state index contributed by atoms with van der Waals surface area (Å²) in [6, 6.07) is 1.35. The summed E-state index contributed by atoms with van der Waals surface area (Å²) >= 11 is 0. The first-order valence-corrected chi connectivity index (χ1v) is 4.68. The molecule has 0 aromatic carbocycles. The average Bonchev–Trinajstić information content (AvgIpc) is 2.43. The molecule has 1 unspecified atom stereocenters. The maximum absolute atomic E-state index is 13.5. The molecule has 0 saturated heterocycles. The van der Waals surface area contributed by atoms with Crippen LogP contribution in [0.1, 0.15) is 24.5 Å². The summed E-state index contributed by atoms with van der Waals surface area (Å²) in [4.78, 5) is 8.17. The van der Waals surface area contributed by atoms with Crippen LogP contribution in [0.5, 0.6) is 0 Å². The van der Waals surface area contributed by atoms with Crippen LogP contribution in [0.3, 0.4) is 0 Å². The van der Waals surface area contributed by atoms with Crippen LogP contribution in [0.4, 0.5) is 4.39 Å². The van der Waals surface area contributed by atoms with Crippen molar-refractivity contribution in [3.63, 3.8) is 0 Å². The molecule has 0 saturated carbocycles. The van der Waals surface area contributed by atoms with Gasteiger partial charge in [-0.25, -0.2) is 14.4 Å². The van der Waals surface area contributed by atoms with Crippen molar-refractivity contribution in [3.8, 4) is 0 Å². The molecule has 1 N–H and O–H groups in total. The van der Waals surface area contributed by atoms with Crippen LogP contribution >= 0.6 is 0 Å². The lowest BCUT2D eigenvalue weighted by Gasteiger charge is -2.04. The molecular weight excluding hydrogens is 197 g/mol. The van der Waals surface area contributed by atoms with Gasteiger partial charge in [-0.15, -0.1) is 0 Å². The van der Waals surface area contributed by atoms with E-state index >= 15 is 0 Å². The summed E-state index contributed by atoms with van der Waals surface area (Å²) in [6.45, 7) is 3.30. The third-order valence-corrected chi connectivity index (χ3v) is 2.47. The van der Waals surface area contributed by atoms with E-state index in [0.717, 1.165) is 5.82 Å². The standard InChI is InChI=1S/C10H12FN3O/c1-5(15)9-7(11)4-8-10(13-9)12-6(2)14(8)3/h4-5,15H,1-3H3. The maximum Gasteiger partial charge on any atom is 0.178 e. The smallest absolute Gasteiger partial charge is 0.178 e. The van der Waals surface area contributed by atoms with Gasteiger partial charge in [-0.3, -0.25) is 0 Å². The van der Waals surface area contributed by atoms with Crippen LogP contribution < -0.4 is 0 Å². The Morgan fingerprint density at radius 1 is 1.47 bits per heavy atom. The fraction of sp³-hybridized carbons (Fsp3) is 0.400. The van der Waals surface area contributed by atoms with Crippen molar-refractivity contribution in [3.05, 3.63) is 23.4 Å². The monoisotopic (exact) mass is 209 g/mol. The van der Waals surface area contributed by atoms with Gasteiger partial charge in [0.25, 0.3) is 0 Å². The van der Waals surface area contributed by atoms with Gasteiger partial charge in [0, 0.05) is 13.1 Å². The molecule has 4 nitrogen and oxygen atoms in total. The van der Waals surface area contributed by atoms with Crippen LogP contribution in [0, 0.1) is 12.7 Å². The van der Waals surface area contributed by atoms with Gasteiger partial charge < -0.3 is 9.67 Å². The Balaban J connectivity index is 2.76. The third-order valence-electron chi connectivity index (χ3n) is 2.47. The molecule has 80 valence electrons. The first-order valence-electron chi connectivity index (χ1n) is 4.68. The molecule has 15 heavy (non-hydrogen) atoms. The van der Waals surface area contributed by atoms with E-state index < -0.39 is 11.9 Å². The van der Waals surface area contributed by atoms with Crippen LogP contribution in [0.2, 0.25) is 0 Å². The van der Waals surface area contributed by atoms with E-state index in [9.17, 15) is 9.50 Å². The van der Waals surface area contributed by atoms with Crippen molar-refractivity contribution >= 4 is 11.2 Å². The van der Waals surface area contributed by atoms with Gasteiger partial charge in [-0.2, -0.15) is 0 Å². The second-order valence-corrected chi connectivity index (χ2v) is 3.59. The zero-order chi connectivity index (χ0) is 11.2. The number of aliphatic hydroxyl groups is 1. The Bertz CT molecular complexity index is 519. The average molecular weight is 209 g/mol. The molecule has 5 heteroatoms. The van der Waals surface area contributed by atoms with Crippen molar-refractivity contribution in [2.45, 2.75) is 20.0 Å². The van der Waals surface area contributed by atoms with Crippen LogP contribution in [-0.2, 0) is 7.05 Å². The Labute approximate surface area is 86.4 Å². The van der Waals surface area contributed by atoms with Crippen molar-refractivity contribution < 1.29 is 9.50 Å². The van der Waals surface area contributed by atoms with Crippen LogP contribution in [0.15, 0.2) is 6.07 Å². The summed E-state index contributed by atoms with van der Waals surface area (Å²) < 4.78 is 15.3. The number of hydrogen-bond donors (Lipinski definition) is 1. The molecule has 0 aliphatic heterocycles. The minimum atomic E-state index is -0.920. The topological polar surface area (TPSA) is 50.9 Å². The summed E-state index contributed by atoms with van der Waals surface area (Å²) in [5.74, 6) is 0.264. The number of rotatable bonds is 1. The second-order valence-electron chi connectivity index (χ2n) is 3.59. The van der Waals surface area contributed by atoms with Crippen LogP contribution in [0.25, 0.3) is 11.2 Å². The molecule has 0 aliphatic carbocycles. The van der Waals surface area contributed by atoms with Gasteiger partial charge in [0.1, 0.15) is 17.3 Å². The Kier molecular flexibility index (Phi) is 2.19. The predicted molar refractivity (Wildman–Crippen MR) is 53.8 cm³/mol. The Morgan fingerprint density at radius 2 is 2.13 bits per heavy atom. The van der Waals surface area contributed by atoms with Gasteiger partial charge in [-0.05, 0) is 13.8 Å². The molecule has 0 fully saturated rings. The SMILES string of the molecule is Cc1nc2nc(C(C)O)c(F)cc2n1C. The summed E-state index contributed by atoms with van der Waals surface area (Å²) in [5.41, 5.74) is 1.14. The third kappa shape index (κ3) is 1.48. The highest BCUT2D eigenvalue weighted by Crippen LogP contribution is 2.20. The van der Waals surface area contributed by atoms with E-state index in [4.69, 9.17) is 0 Å². The number of pyridine rings is 1. The lowest BCUT2D eigenvalue weighted by molar-refractivity contribution is 0.189. The van der Waals surface area contributed by atoms with E-state index in [1.807, 2.05) is 6.92 Å². The fourth-order valence-electron chi connectivity index (χ4n) is 1.51. The van der Waals surface area contributed by atoms with E-state index in [0.29, 0.717) is 11.2 Å². The molecule has 0 aliphatic rings. The minimum Gasteiger partial charge on any atom is -0.387 e. The zero-order valence-corrected chi connectivity index (χ0v) is 8.82. The summed E-state index contributed by atoms with van der Waals surface area (Å²) in [7, 11) is 1.80. The van der Waals surface area contributed by atoms with Crippen molar-refractivity contribution in [1.82, 2.24) is 14.5 Å². The Morgan fingerprint density at radius 3 is 2.73 bits per heavy atom. The normalized spacial score (nSPS) is 13.4. The number of hydrogen-bond acceptors (Lipinski definition) is 3. The summed E-state index contributed by atoms with van der Waals surface area (Å²) in [5, 5.41) is 9.30. The van der Waals surface area contributed by atoms with E-state index in [1.165, 1.54) is 13.0 Å². The van der Waals surface area contributed by atoms with Gasteiger partial charge in [0.15, 0.2) is 5.65 Å². The van der Waals surface area contributed by atoms with Crippen molar-refractivity contribution in [2.24, 2.45) is 7.05 Å². The molecule has 1 atom stereocenters. The van der Waals surface area contributed by atoms with Crippen LogP contribution in [-0.4, -0.2) is 19.6 Å². The molecule has 0 radical (unpaired) electrons. The summed E-state index contributed by atoms with van der Waals surface area (Å²) in [6.07, 6.45) is -0.920.